The van der Waals surface area contributed by atoms with Crippen LogP contribution in [-0.2, 0) is 14.3 Å². The van der Waals surface area contributed by atoms with Gasteiger partial charge in [-0.3, -0.25) is 14.5 Å². The molecule has 1 aliphatic carbocycles. The van der Waals surface area contributed by atoms with Gasteiger partial charge in [-0.2, -0.15) is 0 Å². The third-order valence-electron chi connectivity index (χ3n) is 19.3. The minimum atomic E-state index is -0.793. The highest BCUT2D eigenvalue weighted by atomic mass is 32.1. The molecule has 7 aliphatic rings. The van der Waals surface area contributed by atoms with Gasteiger partial charge in [-0.05, 0) is 138 Å². The van der Waals surface area contributed by atoms with Gasteiger partial charge in [0.05, 0.1) is 51.8 Å². The van der Waals surface area contributed by atoms with Crippen LogP contribution >= 0.6 is 11.3 Å². The molecule has 0 radical (unpaired) electrons. The Bertz CT molecular complexity index is 2930. The number of carbonyl (C=O) groups is 2. The first-order valence-electron chi connectivity index (χ1n) is 30.3. The molecule has 5 N–H and O–H groups in total. The molecule has 19 heteroatoms. The number of phenolic OH excluding ortho intramolecular Hbond substituents is 1. The van der Waals surface area contributed by atoms with Crippen molar-refractivity contribution in [3.63, 3.8) is 0 Å². The number of nitrogen functional groups attached to an aromatic ring is 1. The Morgan fingerprint density at radius 2 is 1.48 bits per heavy atom. The van der Waals surface area contributed by atoms with Gasteiger partial charge in [0.25, 0.3) is 0 Å². The fourth-order valence-electron chi connectivity index (χ4n) is 14.8. The van der Waals surface area contributed by atoms with Crippen molar-refractivity contribution in [1.82, 2.24) is 45.3 Å². The zero-order chi connectivity index (χ0) is 55.9. The topological polar surface area (TPSA) is 206 Å². The van der Waals surface area contributed by atoms with E-state index in [1.165, 1.54) is 58.2 Å². The van der Waals surface area contributed by atoms with Crippen molar-refractivity contribution in [1.29, 1.82) is 0 Å². The number of ether oxygens (including phenoxy) is 1. The van der Waals surface area contributed by atoms with Crippen LogP contribution in [0.2, 0.25) is 0 Å². The maximum atomic E-state index is 14.4. The monoisotopic (exact) mass is 1120 g/mol. The van der Waals surface area contributed by atoms with E-state index in [0.29, 0.717) is 59.1 Å². The number of benzene rings is 2. The number of aliphatic hydroxyl groups is 1. The van der Waals surface area contributed by atoms with Crippen LogP contribution in [0.15, 0.2) is 70.7 Å². The van der Waals surface area contributed by atoms with Crippen molar-refractivity contribution in [2.24, 2.45) is 17.8 Å². The average Bonchev–Trinajstić information content (AvgIpc) is 4.30. The molecule has 81 heavy (non-hydrogen) atoms. The summed E-state index contributed by atoms with van der Waals surface area (Å²) in [5, 5.41) is 37.5. The molecular formula is C62H84N12O6S. The quantitative estimate of drug-likeness (QED) is 0.0703. The highest BCUT2D eigenvalue weighted by Gasteiger charge is 2.46. The molecule has 6 aliphatic heterocycles. The first-order valence-corrected chi connectivity index (χ1v) is 31.2. The van der Waals surface area contributed by atoms with Crippen LogP contribution in [0.4, 0.5) is 17.3 Å². The van der Waals surface area contributed by atoms with E-state index in [-0.39, 0.29) is 42.5 Å². The van der Waals surface area contributed by atoms with Crippen molar-refractivity contribution >= 4 is 40.5 Å². The summed E-state index contributed by atoms with van der Waals surface area (Å²) in [5.41, 5.74) is 13.6. The molecule has 2 amide bonds. The van der Waals surface area contributed by atoms with E-state index in [4.69, 9.17) is 15.0 Å². The second kappa shape index (κ2) is 24.3. The summed E-state index contributed by atoms with van der Waals surface area (Å²) in [6, 6.07) is 19.9. The van der Waals surface area contributed by atoms with Crippen LogP contribution in [-0.4, -0.2) is 176 Å². The largest absolute Gasteiger partial charge is 0.507 e. The lowest BCUT2D eigenvalue weighted by Crippen LogP contribution is -2.59. The van der Waals surface area contributed by atoms with Crippen molar-refractivity contribution in [3.05, 3.63) is 83.2 Å². The number of hydrogen-bond acceptors (Lipinski definition) is 17. The number of aliphatic hydroxyl groups excluding tert-OH is 1. The number of para-hydroxylation sites is 1. The summed E-state index contributed by atoms with van der Waals surface area (Å²) in [5.74, 6) is 2.01. The van der Waals surface area contributed by atoms with E-state index in [1.54, 1.807) is 22.3 Å². The van der Waals surface area contributed by atoms with Crippen molar-refractivity contribution < 1.29 is 29.1 Å². The average molecular weight is 1130 g/mol. The van der Waals surface area contributed by atoms with Gasteiger partial charge in [-0.25, -0.2) is 4.98 Å². The molecular weight excluding hydrogens is 1040 g/mol. The second-order valence-corrected chi connectivity index (χ2v) is 26.0. The van der Waals surface area contributed by atoms with Gasteiger partial charge in [-0.1, -0.05) is 55.4 Å². The van der Waals surface area contributed by atoms with Gasteiger partial charge in [0, 0.05) is 95.1 Å². The zero-order valence-corrected chi connectivity index (χ0v) is 48.6. The first-order chi connectivity index (χ1) is 39.3. The van der Waals surface area contributed by atoms with Crippen LogP contribution in [0, 0.1) is 24.7 Å². The fourth-order valence-corrected chi connectivity index (χ4v) is 15.6. The Kier molecular flexibility index (Phi) is 16.7. The molecule has 9 heterocycles. The third-order valence-corrected chi connectivity index (χ3v) is 20.3. The van der Waals surface area contributed by atoms with Crippen molar-refractivity contribution in [2.45, 2.75) is 153 Å². The molecule has 7 fully saturated rings. The number of thiazole rings is 1. The number of rotatable bonds is 17. The van der Waals surface area contributed by atoms with E-state index < -0.39 is 18.1 Å². The van der Waals surface area contributed by atoms with Crippen LogP contribution in [0.1, 0.15) is 120 Å². The zero-order valence-electron chi connectivity index (χ0n) is 47.8. The van der Waals surface area contributed by atoms with Gasteiger partial charge in [0.1, 0.15) is 17.7 Å². The first kappa shape index (κ1) is 55.8. The normalized spacial score (nSPS) is 26.3. The molecule has 6 atom stereocenters. The highest BCUT2D eigenvalue weighted by molar-refractivity contribution is 7.13. The van der Waals surface area contributed by atoms with E-state index in [9.17, 15) is 19.8 Å². The van der Waals surface area contributed by atoms with Crippen LogP contribution in [0.3, 0.4) is 0 Å². The molecule has 434 valence electrons. The third kappa shape index (κ3) is 12.2. The number of anilines is 3. The van der Waals surface area contributed by atoms with Gasteiger partial charge >= 0.3 is 0 Å². The Balaban J connectivity index is 0.540. The molecule has 3 aromatic heterocycles. The minimum Gasteiger partial charge on any atom is -0.507 e. The number of likely N-dealkylation sites (tertiary alicyclic amines) is 3. The number of aromatic hydroxyl groups is 1. The Labute approximate surface area is 481 Å². The summed E-state index contributed by atoms with van der Waals surface area (Å²) >= 11 is 1.61. The van der Waals surface area contributed by atoms with E-state index >= 15 is 0 Å². The summed E-state index contributed by atoms with van der Waals surface area (Å²) in [6.07, 6.45) is 11.8. The number of β-amino-alcohol motifs (C(OH)–C–C–N with tert-alkyl or cyclic N) is 1. The number of aromatic nitrogens is 4. The maximum Gasteiger partial charge on any atom is 0.243 e. The molecule has 5 aromatic rings. The predicted octanol–water partition coefficient (Wildman–Crippen LogP) is 7.72. The maximum absolute atomic E-state index is 14.4. The van der Waals surface area contributed by atoms with Crippen LogP contribution in [0.5, 0.6) is 5.75 Å². The van der Waals surface area contributed by atoms with Gasteiger partial charge in [-0.15, -0.1) is 21.5 Å². The predicted molar refractivity (Wildman–Crippen MR) is 315 cm³/mol. The summed E-state index contributed by atoms with van der Waals surface area (Å²) < 4.78 is 12.7. The number of hydrogen-bond donors (Lipinski definition) is 4. The van der Waals surface area contributed by atoms with Crippen LogP contribution in [0.25, 0.3) is 21.7 Å². The number of nitrogens with zero attached hydrogens (tertiary/aromatic N) is 10. The van der Waals surface area contributed by atoms with Crippen molar-refractivity contribution in [3.8, 4) is 27.4 Å². The molecule has 2 bridgehead atoms. The molecule has 2 unspecified atom stereocenters. The molecule has 18 nitrogen and oxygen atoms in total. The minimum absolute atomic E-state index is 0.0951. The van der Waals surface area contributed by atoms with Gasteiger partial charge in [0.15, 0.2) is 17.4 Å². The number of piperidine rings is 3. The number of nitrogens with one attached hydrogen (secondary N) is 1. The lowest BCUT2D eigenvalue weighted by Gasteiger charge is -2.49. The number of fused-ring (bicyclic) bond motifs is 2. The molecule has 0 spiro atoms. The van der Waals surface area contributed by atoms with Crippen molar-refractivity contribution in [2.75, 3.05) is 87.5 Å². The van der Waals surface area contributed by atoms with Crippen LogP contribution < -0.4 is 20.9 Å². The molecule has 2 aromatic carbocycles. The lowest BCUT2D eigenvalue weighted by molar-refractivity contribution is -0.141. The number of phenols is 1. The highest BCUT2D eigenvalue weighted by Crippen LogP contribution is 2.41. The SMILES string of the molecule is Cc1ncsc1-c1ccc([C@H](C)NC(=O)[C@@H]2C[C@@H](O)CN2C(=O)[C@@H](c2cc(N3CCC(CN4CCC(O[C@H]5C[C@H](CN6CCC(N7C8CCC7CN(c7cc(-c9ccccc9O)nnc7N)C8)CC6)C5)CC4)CC3)no2)C(C)C)cc1. The summed E-state index contributed by atoms with van der Waals surface area (Å²) in [4.78, 5) is 48.2. The molecule has 12 rings (SSSR count). The summed E-state index contributed by atoms with van der Waals surface area (Å²) in [6.45, 7) is 18.5. The Morgan fingerprint density at radius 1 is 0.790 bits per heavy atom. The fraction of sp³-hybridized carbons (Fsp3) is 0.613. The molecule has 1 saturated carbocycles. The van der Waals surface area contributed by atoms with Gasteiger partial charge < -0.3 is 55.0 Å². The number of aryl methyl sites for hydroxylation is 1. The molecule has 6 saturated heterocycles. The smallest absolute Gasteiger partial charge is 0.243 e. The second-order valence-electron chi connectivity index (χ2n) is 25.1. The number of amides is 2. The summed E-state index contributed by atoms with van der Waals surface area (Å²) in [7, 11) is 0. The number of piperazine rings is 1. The Morgan fingerprint density at radius 3 is 2.16 bits per heavy atom. The van der Waals surface area contributed by atoms with Gasteiger partial charge in [0.2, 0.25) is 11.8 Å². The van der Waals surface area contributed by atoms with E-state index in [2.05, 4.69) is 50.2 Å². The lowest BCUT2D eigenvalue weighted by atomic mass is 9.81. The number of nitrogens with two attached hydrogens (primary N) is 1. The standard InChI is InChI=1S/C62H84N12O6S/c1-38(2)58(62(78)73-36-48(75)29-54(73)61(77)65-39(3)43-9-11-44(12-10-43)59-40(4)64-37-81-59)56-31-57(68-80-56)71-25-15-41(16-26-71)32-70-23-19-49(20-24-70)79-50-27-42(28-50)33-69-21-17-45(18-22-69)74-46-13-14-47(74)35-72(34-46)53-30-52(66-67-60(53)63)51-7-5-6-8-55(51)76/h5-12,30-31,37-39,41-42,45-50,54,58,75-76H,13-29,32-36H2,1-4H3,(H2,63,67)(H,65,77)/t39-,42-,46?,47?,48+,50-,54-,58+/m0/s1. The Hall–Kier alpha value is -5.70. The van der Waals surface area contributed by atoms with E-state index in [0.717, 1.165) is 111 Å². The van der Waals surface area contributed by atoms with E-state index in [1.807, 2.05) is 87.8 Å². The number of carbonyl (C=O) groups excluding carboxylic acids is 2.